The summed E-state index contributed by atoms with van der Waals surface area (Å²) < 4.78 is 15.1. The van der Waals surface area contributed by atoms with E-state index in [1.807, 2.05) is 0 Å². The molecule has 1 amide bonds. The number of hydrogen-bond acceptors (Lipinski definition) is 4. The molecule has 0 bridgehead atoms. The van der Waals surface area contributed by atoms with E-state index in [1.54, 1.807) is 36.4 Å². The van der Waals surface area contributed by atoms with E-state index >= 15 is 0 Å². The van der Waals surface area contributed by atoms with Crippen molar-refractivity contribution in [3.8, 4) is 0 Å². The lowest BCUT2D eigenvalue weighted by Crippen LogP contribution is -2.41. The molecule has 1 atom stereocenters. The Morgan fingerprint density at radius 3 is 2.62 bits per heavy atom. The SMILES string of the molecule is O=C(CC1(O)C(=O)N(Cc2c(F)cccc2Cl)c2ccccc21)c1ccc(Br)s1. The highest BCUT2D eigenvalue weighted by Crippen LogP contribution is 2.44. The number of fused-ring (bicyclic) bond motifs is 1. The van der Waals surface area contributed by atoms with E-state index in [0.29, 0.717) is 16.1 Å². The first-order chi connectivity index (χ1) is 13.8. The smallest absolute Gasteiger partial charge is 0.264 e. The molecule has 8 heteroatoms. The van der Waals surface area contributed by atoms with Crippen molar-refractivity contribution in [3.05, 3.63) is 85.2 Å². The lowest BCUT2D eigenvalue weighted by molar-refractivity contribution is -0.136. The number of amides is 1. The molecule has 0 fully saturated rings. The van der Waals surface area contributed by atoms with Gasteiger partial charge in [0.15, 0.2) is 11.4 Å². The molecule has 4 nitrogen and oxygen atoms in total. The Hall–Kier alpha value is -2.06. The zero-order valence-electron chi connectivity index (χ0n) is 14.9. The highest BCUT2D eigenvalue weighted by atomic mass is 79.9. The molecule has 0 saturated carbocycles. The Morgan fingerprint density at radius 2 is 1.93 bits per heavy atom. The number of benzene rings is 2. The summed E-state index contributed by atoms with van der Waals surface area (Å²) in [7, 11) is 0. The van der Waals surface area contributed by atoms with Gasteiger partial charge >= 0.3 is 0 Å². The first-order valence-electron chi connectivity index (χ1n) is 8.66. The molecule has 0 radical (unpaired) electrons. The van der Waals surface area contributed by atoms with Crippen molar-refractivity contribution in [2.75, 3.05) is 4.90 Å². The van der Waals surface area contributed by atoms with Gasteiger partial charge in [0.05, 0.1) is 27.3 Å². The molecule has 1 aliphatic rings. The zero-order chi connectivity index (χ0) is 20.8. The van der Waals surface area contributed by atoms with Gasteiger partial charge in [0.1, 0.15) is 5.82 Å². The van der Waals surface area contributed by atoms with Crippen molar-refractivity contribution in [2.45, 2.75) is 18.6 Å². The molecule has 0 aliphatic carbocycles. The van der Waals surface area contributed by atoms with Gasteiger partial charge in [-0.15, -0.1) is 11.3 Å². The molecule has 29 heavy (non-hydrogen) atoms. The van der Waals surface area contributed by atoms with Gasteiger partial charge in [-0.05, 0) is 46.3 Å². The fourth-order valence-electron chi connectivity index (χ4n) is 3.46. The van der Waals surface area contributed by atoms with Crippen molar-refractivity contribution in [1.82, 2.24) is 0 Å². The summed E-state index contributed by atoms with van der Waals surface area (Å²) in [5.41, 5.74) is -1.13. The van der Waals surface area contributed by atoms with E-state index in [2.05, 4.69) is 15.9 Å². The topological polar surface area (TPSA) is 57.6 Å². The fraction of sp³-hybridized carbons (Fsp3) is 0.143. The predicted octanol–water partition coefficient (Wildman–Crippen LogP) is 5.31. The van der Waals surface area contributed by atoms with Gasteiger partial charge in [0.25, 0.3) is 5.91 Å². The fourth-order valence-corrected chi connectivity index (χ4v) is 5.01. The van der Waals surface area contributed by atoms with Crippen LogP contribution in [0, 0.1) is 5.82 Å². The highest BCUT2D eigenvalue weighted by molar-refractivity contribution is 9.11. The minimum atomic E-state index is -2.03. The molecule has 2 aromatic carbocycles. The standard InChI is InChI=1S/C21H14BrClFNO3S/c22-19-9-8-18(29-19)17(26)10-21(28)13-4-1-2-7-16(13)25(20(21)27)11-12-14(23)5-3-6-15(12)24/h1-9,28H,10-11H2. The molecule has 3 aromatic rings. The second-order valence-corrected chi connectivity index (χ2v) is 9.54. The summed E-state index contributed by atoms with van der Waals surface area (Å²) in [5, 5.41) is 11.5. The molecule has 148 valence electrons. The van der Waals surface area contributed by atoms with Crippen molar-refractivity contribution < 1.29 is 19.1 Å². The first-order valence-corrected chi connectivity index (χ1v) is 10.7. The van der Waals surface area contributed by atoms with Crippen LogP contribution in [0.15, 0.2) is 58.4 Å². The predicted molar refractivity (Wildman–Crippen MR) is 114 cm³/mol. The van der Waals surface area contributed by atoms with Crippen LogP contribution in [0.2, 0.25) is 5.02 Å². The first kappa shape index (κ1) is 20.2. The van der Waals surface area contributed by atoms with E-state index in [4.69, 9.17) is 11.6 Å². The Bertz CT molecular complexity index is 1110. The number of carbonyl (C=O) groups is 2. The number of carbonyl (C=O) groups excluding carboxylic acids is 2. The summed E-state index contributed by atoms with van der Waals surface area (Å²) in [6.45, 7) is -0.150. The van der Waals surface area contributed by atoms with E-state index in [1.165, 1.54) is 34.4 Å². The van der Waals surface area contributed by atoms with Crippen LogP contribution in [0.5, 0.6) is 0 Å². The summed E-state index contributed by atoms with van der Waals surface area (Å²) in [5.74, 6) is -1.57. The van der Waals surface area contributed by atoms with Crippen molar-refractivity contribution in [2.24, 2.45) is 0 Å². The molecule has 2 heterocycles. The maximum absolute atomic E-state index is 14.3. The molecule has 1 N–H and O–H groups in total. The number of aliphatic hydroxyl groups is 1. The van der Waals surface area contributed by atoms with E-state index in [0.717, 1.165) is 3.79 Å². The number of Topliss-reactive ketones (excluding diaryl/α,β-unsaturated/α-hetero) is 1. The summed E-state index contributed by atoms with van der Waals surface area (Å²) in [6.07, 6.45) is -0.405. The van der Waals surface area contributed by atoms with Crippen LogP contribution < -0.4 is 4.90 Å². The number of para-hydroxylation sites is 1. The van der Waals surface area contributed by atoms with E-state index in [-0.39, 0.29) is 22.9 Å². The van der Waals surface area contributed by atoms with Crippen molar-refractivity contribution >= 4 is 56.2 Å². The summed E-state index contributed by atoms with van der Waals surface area (Å²) in [6, 6.07) is 14.3. The largest absolute Gasteiger partial charge is 0.375 e. The van der Waals surface area contributed by atoms with Gasteiger partial charge in [-0.3, -0.25) is 9.59 Å². The van der Waals surface area contributed by atoms with Crippen LogP contribution in [-0.2, 0) is 16.9 Å². The third-order valence-electron chi connectivity index (χ3n) is 4.88. The van der Waals surface area contributed by atoms with Gasteiger partial charge in [0.2, 0.25) is 0 Å². The maximum Gasteiger partial charge on any atom is 0.264 e. The number of anilines is 1. The van der Waals surface area contributed by atoms with Crippen LogP contribution in [0.25, 0.3) is 0 Å². The Kier molecular flexibility index (Phi) is 5.33. The van der Waals surface area contributed by atoms with E-state index < -0.39 is 23.7 Å². The number of ketones is 1. The number of halogens is 3. The molecular formula is C21H14BrClFNO3S. The molecule has 4 rings (SSSR count). The van der Waals surface area contributed by atoms with Crippen molar-refractivity contribution in [1.29, 1.82) is 0 Å². The van der Waals surface area contributed by atoms with Gasteiger partial charge in [-0.1, -0.05) is 35.9 Å². The quantitative estimate of drug-likeness (QED) is 0.489. The molecule has 1 unspecified atom stereocenters. The molecule has 0 saturated heterocycles. The maximum atomic E-state index is 14.3. The normalized spacial score (nSPS) is 18.2. The minimum absolute atomic E-state index is 0.148. The number of nitrogens with zero attached hydrogens (tertiary/aromatic N) is 1. The lowest BCUT2D eigenvalue weighted by atomic mass is 9.89. The molecule has 0 spiro atoms. The molecular weight excluding hydrogens is 481 g/mol. The monoisotopic (exact) mass is 493 g/mol. The van der Waals surface area contributed by atoms with Crippen LogP contribution in [0.1, 0.15) is 27.2 Å². The Labute approximate surface area is 183 Å². The average Bonchev–Trinajstić information content (AvgIpc) is 3.21. The summed E-state index contributed by atoms with van der Waals surface area (Å²) >= 11 is 10.7. The number of thiophene rings is 1. The average molecular weight is 495 g/mol. The number of rotatable bonds is 5. The van der Waals surface area contributed by atoms with Gasteiger partial charge < -0.3 is 10.0 Å². The molecule has 1 aliphatic heterocycles. The second kappa shape index (κ2) is 7.65. The second-order valence-electron chi connectivity index (χ2n) is 6.67. The molecule has 1 aromatic heterocycles. The summed E-state index contributed by atoms with van der Waals surface area (Å²) in [4.78, 5) is 27.7. The van der Waals surface area contributed by atoms with Gasteiger partial charge in [-0.25, -0.2) is 4.39 Å². The van der Waals surface area contributed by atoms with E-state index in [9.17, 15) is 19.1 Å². The lowest BCUT2D eigenvalue weighted by Gasteiger charge is -2.23. The third kappa shape index (κ3) is 3.53. The van der Waals surface area contributed by atoms with Crippen LogP contribution in [-0.4, -0.2) is 16.8 Å². The Balaban J connectivity index is 1.71. The zero-order valence-corrected chi connectivity index (χ0v) is 18.0. The van der Waals surface area contributed by atoms with Gasteiger partial charge in [-0.2, -0.15) is 0 Å². The highest BCUT2D eigenvalue weighted by Gasteiger charge is 2.51. The van der Waals surface area contributed by atoms with Crippen LogP contribution in [0.3, 0.4) is 0 Å². The van der Waals surface area contributed by atoms with Gasteiger partial charge in [0, 0.05) is 16.1 Å². The van der Waals surface area contributed by atoms with Crippen molar-refractivity contribution in [3.63, 3.8) is 0 Å². The minimum Gasteiger partial charge on any atom is -0.375 e. The third-order valence-corrected chi connectivity index (χ3v) is 6.90. The Morgan fingerprint density at radius 1 is 1.17 bits per heavy atom. The van der Waals surface area contributed by atoms with Crippen LogP contribution >= 0.6 is 38.9 Å². The van der Waals surface area contributed by atoms with Crippen LogP contribution in [0.4, 0.5) is 10.1 Å². The number of hydrogen-bond donors (Lipinski definition) is 1.